The number of rotatable bonds is 4. The molecule has 0 amide bonds. The van der Waals surface area contributed by atoms with E-state index in [-0.39, 0.29) is 11.4 Å². The van der Waals surface area contributed by atoms with Crippen LogP contribution in [0, 0.1) is 5.92 Å². The minimum Gasteiger partial charge on any atom is -0.465 e. The molecule has 3 rings (SSSR count). The lowest BCUT2D eigenvalue weighted by atomic mass is 9.97. The Balaban J connectivity index is 1.64. The van der Waals surface area contributed by atoms with Crippen molar-refractivity contribution in [3.8, 4) is 0 Å². The third-order valence-electron chi connectivity index (χ3n) is 4.35. The monoisotopic (exact) mass is 344 g/mol. The fraction of sp³-hybridized carbons (Fsp3) is 0.556. The van der Waals surface area contributed by atoms with E-state index in [0.717, 1.165) is 31.5 Å². The van der Waals surface area contributed by atoms with Gasteiger partial charge >= 0.3 is 12.0 Å². The third-order valence-corrected chi connectivity index (χ3v) is 4.35. The second kappa shape index (κ2) is 6.82. The number of aromatic nitrogens is 3. The van der Waals surface area contributed by atoms with E-state index < -0.39 is 0 Å². The maximum absolute atomic E-state index is 11.6. The van der Waals surface area contributed by atoms with Gasteiger partial charge in [0.25, 0.3) is 0 Å². The fourth-order valence-corrected chi connectivity index (χ4v) is 2.98. The molecule has 7 heteroatoms. The Labute approximate surface area is 147 Å². The maximum Gasteiger partial charge on any atom is 0.339 e. The lowest BCUT2D eigenvalue weighted by Gasteiger charge is -2.15. The summed E-state index contributed by atoms with van der Waals surface area (Å²) in [5, 5.41) is 8.35. The molecule has 1 unspecified atom stereocenters. The zero-order valence-electron chi connectivity index (χ0n) is 15.2. The van der Waals surface area contributed by atoms with Gasteiger partial charge in [-0.25, -0.2) is 4.79 Å². The van der Waals surface area contributed by atoms with Crippen molar-refractivity contribution in [3.05, 3.63) is 35.5 Å². The number of hydrogen-bond donors (Lipinski definition) is 0. The Morgan fingerprint density at radius 1 is 1.36 bits per heavy atom. The van der Waals surface area contributed by atoms with Crippen LogP contribution in [0.4, 0.5) is 6.01 Å². The number of esters is 1. The van der Waals surface area contributed by atoms with Gasteiger partial charge in [-0.05, 0) is 30.4 Å². The van der Waals surface area contributed by atoms with Gasteiger partial charge < -0.3 is 14.1 Å². The van der Waals surface area contributed by atoms with Crippen LogP contribution in [-0.4, -0.2) is 41.3 Å². The molecule has 1 atom stereocenters. The number of carbonyl (C=O) groups excluding carboxylic acids is 1. The van der Waals surface area contributed by atoms with Crippen LogP contribution in [0.3, 0.4) is 0 Å². The molecule has 0 bridgehead atoms. The van der Waals surface area contributed by atoms with E-state index in [9.17, 15) is 4.79 Å². The van der Waals surface area contributed by atoms with E-state index in [1.165, 1.54) is 13.3 Å². The highest BCUT2D eigenvalue weighted by Gasteiger charge is 2.29. The minimum absolute atomic E-state index is 0.148. The van der Waals surface area contributed by atoms with Gasteiger partial charge in [0.1, 0.15) is 0 Å². The van der Waals surface area contributed by atoms with Crippen molar-refractivity contribution in [2.45, 2.75) is 39.0 Å². The molecule has 0 aliphatic carbocycles. The highest BCUT2D eigenvalue weighted by molar-refractivity contribution is 5.89. The first kappa shape index (κ1) is 17.4. The van der Waals surface area contributed by atoms with E-state index in [1.807, 2.05) is 6.07 Å². The Morgan fingerprint density at radius 3 is 2.84 bits per heavy atom. The molecule has 1 fully saturated rings. The second-order valence-electron chi connectivity index (χ2n) is 7.52. The van der Waals surface area contributed by atoms with Crippen molar-refractivity contribution in [1.82, 2.24) is 15.2 Å². The van der Waals surface area contributed by atoms with Crippen LogP contribution in [-0.2, 0) is 16.6 Å². The van der Waals surface area contributed by atoms with Crippen LogP contribution in [0.5, 0.6) is 0 Å². The predicted octanol–water partition coefficient (Wildman–Crippen LogP) is 2.62. The number of methoxy groups -OCH3 is 1. The number of pyridine rings is 1. The Morgan fingerprint density at radius 2 is 2.16 bits per heavy atom. The molecule has 1 aliphatic rings. The molecule has 7 nitrogen and oxygen atoms in total. The molecule has 3 heterocycles. The van der Waals surface area contributed by atoms with Gasteiger partial charge in [-0.15, -0.1) is 5.10 Å². The van der Waals surface area contributed by atoms with Crippen LogP contribution in [0.2, 0.25) is 0 Å². The van der Waals surface area contributed by atoms with Crippen molar-refractivity contribution in [1.29, 1.82) is 0 Å². The average Bonchev–Trinajstić information content (AvgIpc) is 3.23. The molecule has 0 aromatic carbocycles. The Hall–Kier alpha value is -2.44. The maximum atomic E-state index is 11.6. The number of ether oxygens (including phenoxy) is 1. The second-order valence-corrected chi connectivity index (χ2v) is 7.52. The summed E-state index contributed by atoms with van der Waals surface area (Å²) in [7, 11) is 1.38. The topological polar surface area (TPSA) is 81.4 Å². The number of carbonyl (C=O) groups is 1. The van der Waals surface area contributed by atoms with E-state index >= 15 is 0 Å². The van der Waals surface area contributed by atoms with Gasteiger partial charge in [0.05, 0.1) is 12.7 Å². The molecule has 134 valence electrons. The Kier molecular flexibility index (Phi) is 4.74. The van der Waals surface area contributed by atoms with Crippen LogP contribution in [0.15, 0.2) is 22.9 Å². The molecule has 0 saturated carbocycles. The number of nitrogens with zero attached hydrogens (tertiary/aromatic N) is 4. The highest BCUT2D eigenvalue weighted by atomic mass is 16.5. The first-order valence-corrected chi connectivity index (χ1v) is 8.48. The molecule has 0 spiro atoms. The summed E-state index contributed by atoms with van der Waals surface area (Å²) in [5.41, 5.74) is 1.38. The first-order valence-electron chi connectivity index (χ1n) is 8.48. The minimum atomic E-state index is -0.358. The summed E-state index contributed by atoms with van der Waals surface area (Å²) >= 11 is 0. The van der Waals surface area contributed by atoms with Gasteiger partial charge in [-0.3, -0.25) is 4.98 Å². The van der Waals surface area contributed by atoms with Crippen LogP contribution in [0.1, 0.15) is 49.0 Å². The van der Waals surface area contributed by atoms with Crippen molar-refractivity contribution in [2.24, 2.45) is 5.92 Å². The Bertz CT molecular complexity index is 751. The number of anilines is 1. The van der Waals surface area contributed by atoms with Crippen molar-refractivity contribution in [2.75, 3.05) is 25.1 Å². The van der Waals surface area contributed by atoms with Crippen LogP contribution in [0.25, 0.3) is 0 Å². The standard InChI is InChI=1S/C18H24N4O3/c1-18(2,3)16-20-21-17(25-16)22-6-5-12(11-22)7-13-8-14(10-19-9-13)15(23)24-4/h8-10,12H,5-7,11H2,1-4H3. The molecule has 1 saturated heterocycles. The summed E-state index contributed by atoms with van der Waals surface area (Å²) in [6.07, 6.45) is 5.23. The van der Waals surface area contributed by atoms with Gasteiger partial charge in [0, 0.05) is 30.9 Å². The normalized spacial score (nSPS) is 17.8. The average molecular weight is 344 g/mol. The summed E-state index contributed by atoms with van der Waals surface area (Å²) < 4.78 is 10.6. The summed E-state index contributed by atoms with van der Waals surface area (Å²) in [6.45, 7) is 7.91. The van der Waals surface area contributed by atoms with Crippen molar-refractivity contribution in [3.63, 3.8) is 0 Å². The summed E-state index contributed by atoms with van der Waals surface area (Å²) in [4.78, 5) is 17.9. The van der Waals surface area contributed by atoms with Gasteiger partial charge in [0.15, 0.2) is 0 Å². The van der Waals surface area contributed by atoms with Crippen molar-refractivity contribution >= 4 is 12.0 Å². The molecule has 2 aromatic heterocycles. The first-order chi connectivity index (χ1) is 11.9. The molecular formula is C18H24N4O3. The zero-order chi connectivity index (χ0) is 18.0. The molecule has 25 heavy (non-hydrogen) atoms. The van der Waals surface area contributed by atoms with E-state index in [4.69, 9.17) is 9.15 Å². The van der Waals surface area contributed by atoms with Crippen LogP contribution >= 0.6 is 0 Å². The summed E-state index contributed by atoms with van der Waals surface area (Å²) in [6, 6.07) is 2.44. The van der Waals surface area contributed by atoms with E-state index in [0.29, 0.717) is 23.4 Å². The van der Waals surface area contributed by atoms with E-state index in [2.05, 4.69) is 40.9 Å². The van der Waals surface area contributed by atoms with E-state index in [1.54, 1.807) is 6.20 Å². The largest absolute Gasteiger partial charge is 0.465 e. The van der Waals surface area contributed by atoms with Crippen LogP contribution < -0.4 is 4.90 Å². The molecule has 0 N–H and O–H groups in total. The third kappa shape index (κ3) is 3.97. The van der Waals surface area contributed by atoms with Gasteiger partial charge in [-0.1, -0.05) is 25.9 Å². The highest BCUT2D eigenvalue weighted by Crippen LogP contribution is 2.28. The number of hydrogen-bond acceptors (Lipinski definition) is 7. The smallest absolute Gasteiger partial charge is 0.339 e. The molecule has 0 radical (unpaired) electrons. The molecule has 1 aliphatic heterocycles. The molecular weight excluding hydrogens is 320 g/mol. The lowest BCUT2D eigenvalue weighted by molar-refractivity contribution is 0.0600. The quantitative estimate of drug-likeness (QED) is 0.789. The predicted molar refractivity (Wildman–Crippen MR) is 92.6 cm³/mol. The van der Waals surface area contributed by atoms with Gasteiger partial charge in [0.2, 0.25) is 5.89 Å². The summed E-state index contributed by atoms with van der Waals surface area (Å²) in [5.74, 6) is 0.753. The zero-order valence-corrected chi connectivity index (χ0v) is 15.2. The van der Waals surface area contributed by atoms with Crippen molar-refractivity contribution < 1.29 is 13.9 Å². The molecule has 2 aromatic rings. The lowest BCUT2D eigenvalue weighted by Crippen LogP contribution is -2.20. The fourth-order valence-electron chi connectivity index (χ4n) is 2.98. The van der Waals surface area contributed by atoms with Gasteiger partial charge in [-0.2, -0.15) is 0 Å². The SMILES string of the molecule is COC(=O)c1cncc(CC2CCN(c3nnc(C(C)(C)C)o3)C2)c1.